The van der Waals surface area contributed by atoms with Crippen LogP contribution in [-0.2, 0) is 20.7 Å². The number of ether oxygens (including phenoxy) is 1. The first-order valence-electron chi connectivity index (χ1n) is 6.55. The summed E-state index contributed by atoms with van der Waals surface area (Å²) in [5, 5.41) is 0. The van der Waals surface area contributed by atoms with Crippen molar-refractivity contribution in [3.63, 3.8) is 0 Å². The van der Waals surface area contributed by atoms with Crippen molar-refractivity contribution >= 4 is 11.8 Å². The molecular weight excluding hydrogens is 252 g/mol. The second kappa shape index (κ2) is 6.66. The van der Waals surface area contributed by atoms with Gasteiger partial charge in [-0.15, -0.1) is 0 Å². The maximum absolute atomic E-state index is 11.7. The van der Waals surface area contributed by atoms with Gasteiger partial charge in [-0.05, 0) is 23.6 Å². The van der Waals surface area contributed by atoms with Crippen LogP contribution in [0.4, 0.5) is 0 Å². The summed E-state index contributed by atoms with van der Waals surface area (Å²) in [4.78, 5) is 23.0. The van der Waals surface area contributed by atoms with E-state index in [-0.39, 0.29) is 13.0 Å². The Balaban J connectivity index is 2.15. The summed E-state index contributed by atoms with van der Waals surface area (Å²) in [7, 11) is 0. The van der Waals surface area contributed by atoms with Gasteiger partial charge >= 0.3 is 5.97 Å². The van der Waals surface area contributed by atoms with Crippen molar-refractivity contribution in [3.05, 3.63) is 60.2 Å². The molecule has 102 valence electrons. The number of carbonyl (C=O) groups excluding carboxylic acids is 2. The molecule has 0 fully saturated rings. The van der Waals surface area contributed by atoms with Crippen molar-refractivity contribution < 1.29 is 14.3 Å². The molecule has 3 heteroatoms. The molecule has 0 saturated carbocycles. The maximum Gasteiger partial charge on any atom is 0.374 e. The van der Waals surface area contributed by atoms with E-state index in [1.165, 1.54) is 0 Å². The largest absolute Gasteiger partial charge is 0.460 e. The Hall–Kier alpha value is -2.42. The summed E-state index contributed by atoms with van der Waals surface area (Å²) in [6, 6.07) is 17.5. The molecule has 0 spiro atoms. The molecule has 0 amide bonds. The van der Waals surface area contributed by atoms with Crippen LogP contribution in [0.3, 0.4) is 0 Å². The monoisotopic (exact) mass is 268 g/mol. The molecule has 0 unspecified atom stereocenters. The second-order valence-corrected chi connectivity index (χ2v) is 4.39. The number of carbonyl (C=O) groups is 2. The highest BCUT2D eigenvalue weighted by atomic mass is 16.5. The number of ketones is 1. The zero-order valence-corrected chi connectivity index (χ0v) is 11.3. The van der Waals surface area contributed by atoms with Crippen molar-refractivity contribution in [1.29, 1.82) is 0 Å². The Morgan fingerprint density at radius 1 is 0.950 bits per heavy atom. The average molecular weight is 268 g/mol. The third-order valence-electron chi connectivity index (χ3n) is 2.90. The maximum atomic E-state index is 11.7. The van der Waals surface area contributed by atoms with E-state index in [9.17, 15) is 9.59 Å². The number of Topliss-reactive ketones (excluding diaryl/α,β-unsaturated/α-hetero) is 1. The fraction of sp³-hybridized carbons (Fsp3) is 0.176. The van der Waals surface area contributed by atoms with Crippen LogP contribution in [-0.4, -0.2) is 18.4 Å². The molecule has 3 nitrogen and oxygen atoms in total. The van der Waals surface area contributed by atoms with Crippen molar-refractivity contribution in [2.75, 3.05) is 6.61 Å². The minimum atomic E-state index is -0.766. The van der Waals surface area contributed by atoms with Gasteiger partial charge in [-0.2, -0.15) is 0 Å². The molecule has 2 rings (SSSR count). The Bertz CT molecular complexity index is 603. The van der Waals surface area contributed by atoms with E-state index in [2.05, 4.69) is 0 Å². The van der Waals surface area contributed by atoms with E-state index in [4.69, 9.17) is 4.74 Å². The molecule has 0 heterocycles. The topological polar surface area (TPSA) is 43.4 Å². The minimum absolute atomic E-state index is 0.0690. The standard InChI is InChI=1S/C17H16O3/c1-2-20-17(19)16(18)12-13-7-6-10-15(11-13)14-8-4-3-5-9-14/h3-11H,2,12H2,1H3. The second-order valence-electron chi connectivity index (χ2n) is 4.39. The van der Waals surface area contributed by atoms with Gasteiger partial charge in [0.2, 0.25) is 5.78 Å². The van der Waals surface area contributed by atoms with E-state index in [0.29, 0.717) is 0 Å². The molecule has 0 aliphatic carbocycles. The summed E-state index contributed by atoms with van der Waals surface area (Å²) in [6.45, 7) is 1.90. The van der Waals surface area contributed by atoms with Gasteiger partial charge in [0.25, 0.3) is 0 Å². The fourth-order valence-electron chi connectivity index (χ4n) is 1.96. The van der Waals surface area contributed by atoms with E-state index >= 15 is 0 Å². The first-order valence-corrected chi connectivity index (χ1v) is 6.55. The molecule has 0 N–H and O–H groups in total. The lowest BCUT2D eigenvalue weighted by atomic mass is 10.0. The Kier molecular flexibility index (Phi) is 4.66. The van der Waals surface area contributed by atoms with Crippen LogP contribution in [0, 0.1) is 0 Å². The molecule has 0 radical (unpaired) electrons. The van der Waals surface area contributed by atoms with E-state index in [1.807, 2.05) is 54.6 Å². The fourth-order valence-corrected chi connectivity index (χ4v) is 1.96. The van der Waals surface area contributed by atoms with Gasteiger partial charge in [0.05, 0.1) is 6.61 Å². The average Bonchev–Trinajstić information content (AvgIpc) is 2.48. The predicted molar refractivity (Wildman–Crippen MR) is 77.2 cm³/mol. The summed E-state index contributed by atoms with van der Waals surface area (Å²) in [6.07, 6.45) is 0.0690. The van der Waals surface area contributed by atoms with Gasteiger partial charge in [0.1, 0.15) is 0 Å². The SMILES string of the molecule is CCOC(=O)C(=O)Cc1cccc(-c2ccccc2)c1. The molecular formula is C17H16O3. The van der Waals surface area contributed by atoms with Crippen molar-refractivity contribution in [2.45, 2.75) is 13.3 Å². The van der Waals surface area contributed by atoms with Crippen LogP contribution in [0.15, 0.2) is 54.6 Å². The molecule has 0 aromatic heterocycles. The lowest BCUT2D eigenvalue weighted by molar-refractivity contribution is -0.153. The number of benzene rings is 2. The molecule has 2 aromatic carbocycles. The summed E-state index contributed by atoms with van der Waals surface area (Å²) in [5.41, 5.74) is 2.92. The number of hydrogen-bond acceptors (Lipinski definition) is 3. The van der Waals surface area contributed by atoms with E-state index in [0.717, 1.165) is 16.7 Å². The van der Waals surface area contributed by atoms with Crippen LogP contribution < -0.4 is 0 Å². The Labute approximate surface area is 118 Å². The molecule has 0 aliphatic heterocycles. The molecule has 0 saturated heterocycles. The lowest BCUT2D eigenvalue weighted by Crippen LogP contribution is -2.19. The number of hydrogen-bond donors (Lipinski definition) is 0. The highest BCUT2D eigenvalue weighted by Crippen LogP contribution is 2.20. The predicted octanol–water partition coefficient (Wildman–Crippen LogP) is 3.03. The lowest BCUT2D eigenvalue weighted by Gasteiger charge is -2.05. The van der Waals surface area contributed by atoms with Gasteiger partial charge in [-0.25, -0.2) is 4.79 Å². The highest BCUT2D eigenvalue weighted by Gasteiger charge is 2.15. The van der Waals surface area contributed by atoms with Crippen LogP contribution in [0.25, 0.3) is 11.1 Å². The molecule has 20 heavy (non-hydrogen) atoms. The first-order chi connectivity index (χ1) is 9.70. The van der Waals surface area contributed by atoms with Crippen LogP contribution >= 0.6 is 0 Å². The van der Waals surface area contributed by atoms with Gasteiger partial charge in [-0.3, -0.25) is 4.79 Å². The normalized spacial score (nSPS) is 10.1. The van der Waals surface area contributed by atoms with Crippen molar-refractivity contribution in [1.82, 2.24) is 0 Å². The number of rotatable bonds is 5. The van der Waals surface area contributed by atoms with E-state index < -0.39 is 11.8 Å². The molecule has 2 aromatic rings. The Morgan fingerprint density at radius 2 is 1.65 bits per heavy atom. The zero-order chi connectivity index (χ0) is 14.4. The van der Waals surface area contributed by atoms with Gasteiger partial charge in [0, 0.05) is 6.42 Å². The molecule has 0 bridgehead atoms. The van der Waals surface area contributed by atoms with Crippen LogP contribution in [0.2, 0.25) is 0 Å². The van der Waals surface area contributed by atoms with Gasteiger partial charge < -0.3 is 4.74 Å². The quantitative estimate of drug-likeness (QED) is 0.618. The van der Waals surface area contributed by atoms with Crippen LogP contribution in [0.1, 0.15) is 12.5 Å². The third kappa shape index (κ3) is 3.54. The molecule has 0 atom stereocenters. The van der Waals surface area contributed by atoms with E-state index in [1.54, 1.807) is 6.92 Å². The molecule has 0 aliphatic rings. The summed E-state index contributed by atoms with van der Waals surface area (Å²) < 4.78 is 4.70. The highest BCUT2D eigenvalue weighted by molar-refractivity contribution is 6.34. The van der Waals surface area contributed by atoms with Gasteiger partial charge in [-0.1, -0.05) is 54.6 Å². The third-order valence-corrected chi connectivity index (χ3v) is 2.90. The zero-order valence-electron chi connectivity index (χ0n) is 11.3. The van der Waals surface area contributed by atoms with Crippen molar-refractivity contribution in [3.8, 4) is 11.1 Å². The first kappa shape index (κ1) is 14.0. The summed E-state index contributed by atoms with van der Waals surface area (Å²) in [5.74, 6) is -1.28. The smallest absolute Gasteiger partial charge is 0.374 e. The minimum Gasteiger partial charge on any atom is -0.460 e. The van der Waals surface area contributed by atoms with Crippen LogP contribution in [0.5, 0.6) is 0 Å². The van der Waals surface area contributed by atoms with Gasteiger partial charge in [0.15, 0.2) is 0 Å². The summed E-state index contributed by atoms with van der Waals surface area (Å²) >= 11 is 0. The number of esters is 1. The van der Waals surface area contributed by atoms with Crippen molar-refractivity contribution in [2.24, 2.45) is 0 Å². The Morgan fingerprint density at radius 3 is 2.35 bits per heavy atom.